The van der Waals surface area contributed by atoms with Crippen LogP contribution in [0.15, 0.2) is 59.1 Å². The third kappa shape index (κ3) is 5.88. The number of rotatable bonds is 8. The number of hydrogen-bond acceptors (Lipinski definition) is 3. The van der Waals surface area contributed by atoms with Crippen LogP contribution in [0, 0.1) is 0 Å². The van der Waals surface area contributed by atoms with E-state index >= 15 is 0 Å². The van der Waals surface area contributed by atoms with Gasteiger partial charge in [-0.3, -0.25) is 9.59 Å². The molecule has 0 unspecified atom stereocenters. The lowest BCUT2D eigenvalue weighted by Gasteiger charge is -2.28. The predicted molar refractivity (Wildman–Crippen MR) is 105 cm³/mol. The van der Waals surface area contributed by atoms with E-state index in [0.717, 1.165) is 10.0 Å². The monoisotopic (exact) mass is 418 g/mol. The molecule has 0 saturated carbocycles. The highest BCUT2D eigenvalue weighted by atomic mass is 79.9. The molecule has 0 heterocycles. The fourth-order valence-electron chi connectivity index (χ4n) is 2.44. The van der Waals surface area contributed by atoms with Gasteiger partial charge in [0.25, 0.3) is 5.91 Å². The summed E-state index contributed by atoms with van der Waals surface area (Å²) in [6.07, 6.45) is 0. The Kier molecular flexibility index (Phi) is 7.66. The van der Waals surface area contributed by atoms with E-state index < -0.39 is 6.04 Å². The molecule has 0 aliphatic rings. The zero-order valence-electron chi connectivity index (χ0n) is 14.9. The van der Waals surface area contributed by atoms with Crippen LogP contribution in [0.2, 0.25) is 0 Å². The molecule has 26 heavy (non-hydrogen) atoms. The quantitative estimate of drug-likeness (QED) is 0.714. The van der Waals surface area contributed by atoms with Crippen molar-refractivity contribution in [2.24, 2.45) is 0 Å². The van der Waals surface area contributed by atoms with Gasteiger partial charge in [0.05, 0.1) is 0 Å². The smallest absolute Gasteiger partial charge is 0.261 e. The zero-order valence-corrected chi connectivity index (χ0v) is 16.5. The van der Waals surface area contributed by atoms with Gasteiger partial charge in [0.1, 0.15) is 11.8 Å². The molecule has 0 aromatic heterocycles. The summed E-state index contributed by atoms with van der Waals surface area (Å²) in [5.41, 5.74) is 0.959. The Labute approximate surface area is 162 Å². The highest BCUT2D eigenvalue weighted by Gasteiger charge is 2.26. The van der Waals surface area contributed by atoms with Gasteiger partial charge in [-0.15, -0.1) is 0 Å². The molecule has 0 radical (unpaired) electrons. The Balaban J connectivity index is 2.09. The molecule has 2 rings (SSSR count). The summed E-state index contributed by atoms with van der Waals surface area (Å²) in [7, 11) is 0. The topological polar surface area (TPSA) is 58.6 Å². The Bertz CT molecular complexity index is 720. The minimum atomic E-state index is -0.587. The number of nitrogens with zero attached hydrogens (tertiary/aromatic N) is 1. The fraction of sp³-hybridized carbons (Fsp3) is 0.300. The van der Waals surface area contributed by atoms with Crippen LogP contribution in [-0.4, -0.2) is 35.9 Å². The molecule has 0 aliphatic carbocycles. The van der Waals surface area contributed by atoms with Crippen molar-refractivity contribution in [3.63, 3.8) is 0 Å². The lowest BCUT2D eigenvalue weighted by atomic mass is 10.1. The minimum absolute atomic E-state index is 0.127. The highest BCUT2D eigenvalue weighted by Crippen LogP contribution is 2.17. The average molecular weight is 419 g/mol. The van der Waals surface area contributed by atoms with E-state index in [1.54, 1.807) is 24.0 Å². The second-order valence-corrected chi connectivity index (χ2v) is 6.74. The normalized spacial score (nSPS) is 11.5. The van der Waals surface area contributed by atoms with E-state index in [1.165, 1.54) is 0 Å². The van der Waals surface area contributed by atoms with Crippen molar-refractivity contribution in [2.75, 3.05) is 13.2 Å². The first kappa shape index (κ1) is 20.0. The maximum absolute atomic E-state index is 12.7. The van der Waals surface area contributed by atoms with Crippen molar-refractivity contribution in [1.82, 2.24) is 10.2 Å². The third-order valence-electron chi connectivity index (χ3n) is 3.89. The number of ether oxygens (including phenoxy) is 1. The Morgan fingerprint density at radius 1 is 1.12 bits per heavy atom. The first-order valence-corrected chi connectivity index (χ1v) is 9.30. The van der Waals surface area contributed by atoms with Crippen molar-refractivity contribution < 1.29 is 14.3 Å². The van der Waals surface area contributed by atoms with E-state index in [1.807, 2.05) is 49.4 Å². The molecule has 0 spiro atoms. The number of likely N-dealkylation sites (N-methyl/N-ethyl adjacent to an activating group) is 1. The Morgan fingerprint density at radius 2 is 1.77 bits per heavy atom. The molecule has 0 saturated heterocycles. The van der Waals surface area contributed by atoms with Gasteiger partial charge >= 0.3 is 0 Å². The van der Waals surface area contributed by atoms with Crippen LogP contribution in [0.1, 0.15) is 19.4 Å². The summed E-state index contributed by atoms with van der Waals surface area (Å²) in [5, 5.41) is 2.77. The fourth-order valence-corrected chi connectivity index (χ4v) is 2.71. The number of benzene rings is 2. The van der Waals surface area contributed by atoms with Gasteiger partial charge < -0.3 is 15.0 Å². The van der Waals surface area contributed by atoms with Gasteiger partial charge in [-0.1, -0.05) is 46.3 Å². The maximum Gasteiger partial charge on any atom is 0.261 e. The second kappa shape index (κ2) is 9.97. The molecule has 6 heteroatoms. The van der Waals surface area contributed by atoms with Gasteiger partial charge in [0.2, 0.25) is 5.91 Å². The van der Waals surface area contributed by atoms with Crippen molar-refractivity contribution in [1.29, 1.82) is 0 Å². The largest absolute Gasteiger partial charge is 0.484 e. The van der Waals surface area contributed by atoms with Crippen molar-refractivity contribution >= 4 is 27.7 Å². The number of carbonyl (C=O) groups is 2. The van der Waals surface area contributed by atoms with Gasteiger partial charge in [0.15, 0.2) is 6.61 Å². The van der Waals surface area contributed by atoms with Gasteiger partial charge in [-0.25, -0.2) is 0 Å². The van der Waals surface area contributed by atoms with Crippen LogP contribution in [0.4, 0.5) is 0 Å². The molecule has 0 aliphatic heterocycles. The Morgan fingerprint density at radius 3 is 2.38 bits per heavy atom. The molecule has 0 fully saturated rings. The van der Waals surface area contributed by atoms with Crippen molar-refractivity contribution in [3.05, 3.63) is 64.6 Å². The molecule has 2 aromatic carbocycles. The van der Waals surface area contributed by atoms with Crippen LogP contribution in [0.3, 0.4) is 0 Å². The molecule has 2 amide bonds. The number of amides is 2. The van der Waals surface area contributed by atoms with E-state index in [2.05, 4.69) is 21.2 Å². The lowest BCUT2D eigenvalue weighted by Crippen LogP contribution is -2.49. The molecule has 138 valence electrons. The predicted octanol–water partition coefficient (Wildman–Crippen LogP) is 3.38. The maximum atomic E-state index is 12.7. The first-order chi connectivity index (χ1) is 12.5. The van der Waals surface area contributed by atoms with Crippen molar-refractivity contribution in [3.8, 4) is 5.75 Å². The standard InChI is InChI=1S/C20H23BrN2O3/c1-3-22-20(25)15(2)23(13-16-7-5-4-6-8-16)19(24)14-26-18-11-9-17(21)10-12-18/h4-12,15H,3,13-14H2,1-2H3,(H,22,25)/t15-/m0/s1. The molecule has 1 N–H and O–H groups in total. The second-order valence-electron chi connectivity index (χ2n) is 5.82. The summed E-state index contributed by atoms with van der Waals surface area (Å²) >= 11 is 3.36. The summed E-state index contributed by atoms with van der Waals surface area (Å²) in [5.74, 6) is 0.183. The summed E-state index contributed by atoms with van der Waals surface area (Å²) < 4.78 is 6.52. The van der Waals surface area contributed by atoms with Crippen LogP contribution in [-0.2, 0) is 16.1 Å². The van der Waals surface area contributed by atoms with Gasteiger partial charge in [-0.05, 0) is 43.7 Å². The zero-order chi connectivity index (χ0) is 18.9. The number of carbonyl (C=O) groups excluding carboxylic acids is 2. The Hall–Kier alpha value is -2.34. The highest BCUT2D eigenvalue weighted by molar-refractivity contribution is 9.10. The molecule has 1 atom stereocenters. The van der Waals surface area contributed by atoms with Crippen LogP contribution in [0.25, 0.3) is 0 Å². The van der Waals surface area contributed by atoms with E-state index in [9.17, 15) is 9.59 Å². The first-order valence-electron chi connectivity index (χ1n) is 8.50. The van der Waals surface area contributed by atoms with Crippen LogP contribution in [0.5, 0.6) is 5.75 Å². The summed E-state index contributed by atoms with van der Waals surface area (Å²) in [6.45, 7) is 4.32. The van der Waals surface area contributed by atoms with E-state index in [-0.39, 0.29) is 18.4 Å². The van der Waals surface area contributed by atoms with E-state index in [0.29, 0.717) is 18.8 Å². The van der Waals surface area contributed by atoms with E-state index in [4.69, 9.17) is 4.74 Å². The molecular weight excluding hydrogens is 396 g/mol. The van der Waals surface area contributed by atoms with Crippen LogP contribution < -0.4 is 10.1 Å². The molecule has 0 bridgehead atoms. The molecule has 2 aromatic rings. The third-order valence-corrected chi connectivity index (χ3v) is 4.42. The number of halogens is 1. The SMILES string of the molecule is CCNC(=O)[C@H](C)N(Cc1ccccc1)C(=O)COc1ccc(Br)cc1. The van der Waals surface area contributed by atoms with Gasteiger partial charge in [-0.2, -0.15) is 0 Å². The summed E-state index contributed by atoms with van der Waals surface area (Å²) in [4.78, 5) is 26.5. The molecule has 5 nitrogen and oxygen atoms in total. The summed E-state index contributed by atoms with van der Waals surface area (Å²) in [6, 6.07) is 16.3. The minimum Gasteiger partial charge on any atom is -0.484 e. The van der Waals surface area contributed by atoms with Gasteiger partial charge in [0, 0.05) is 17.6 Å². The number of nitrogens with one attached hydrogen (secondary N) is 1. The van der Waals surface area contributed by atoms with Crippen LogP contribution >= 0.6 is 15.9 Å². The molecular formula is C20H23BrN2O3. The van der Waals surface area contributed by atoms with Crippen molar-refractivity contribution in [2.45, 2.75) is 26.4 Å². The average Bonchev–Trinajstić information content (AvgIpc) is 2.66. The number of hydrogen-bond donors (Lipinski definition) is 1. The lowest BCUT2D eigenvalue weighted by molar-refractivity contribution is -0.142.